The van der Waals surface area contributed by atoms with Crippen molar-refractivity contribution in [2.75, 3.05) is 0 Å². The molecule has 0 radical (unpaired) electrons. The molecule has 0 bridgehead atoms. The third-order valence-electron chi connectivity index (χ3n) is 2.47. The SMILES string of the molecule is CC(C)Oc1cc(/C=C/c2ccccc2)cc(=O)[nH]1. The van der Waals surface area contributed by atoms with Gasteiger partial charge < -0.3 is 4.74 Å². The molecule has 98 valence electrons. The van der Waals surface area contributed by atoms with E-state index in [0.717, 1.165) is 11.1 Å². The lowest BCUT2D eigenvalue weighted by Gasteiger charge is -2.09. The topological polar surface area (TPSA) is 42.1 Å². The molecule has 2 rings (SSSR count). The largest absolute Gasteiger partial charge is 0.476 e. The standard InChI is InChI=1S/C16H17NO2/c1-12(2)19-16-11-14(10-15(18)17-16)9-8-13-6-4-3-5-7-13/h3-12H,1-2H3,(H,17,18)/b9-8+. The Morgan fingerprint density at radius 2 is 1.74 bits per heavy atom. The molecule has 0 aliphatic rings. The Balaban J connectivity index is 2.23. The number of aromatic amines is 1. The summed E-state index contributed by atoms with van der Waals surface area (Å²) in [4.78, 5) is 14.2. The minimum Gasteiger partial charge on any atom is -0.476 e. The molecule has 1 heterocycles. The molecule has 0 spiro atoms. The van der Waals surface area contributed by atoms with E-state index in [1.54, 1.807) is 6.07 Å². The first kappa shape index (κ1) is 13.1. The number of H-pyrrole nitrogens is 1. The lowest BCUT2D eigenvalue weighted by molar-refractivity contribution is 0.232. The lowest BCUT2D eigenvalue weighted by Crippen LogP contribution is -2.12. The van der Waals surface area contributed by atoms with Gasteiger partial charge in [0, 0.05) is 12.1 Å². The van der Waals surface area contributed by atoms with Gasteiger partial charge in [-0.2, -0.15) is 0 Å². The van der Waals surface area contributed by atoms with Gasteiger partial charge in [-0.3, -0.25) is 9.78 Å². The molecule has 2 aromatic rings. The zero-order valence-corrected chi connectivity index (χ0v) is 11.1. The Hall–Kier alpha value is -2.29. The van der Waals surface area contributed by atoms with Gasteiger partial charge in [-0.25, -0.2) is 0 Å². The summed E-state index contributed by atoms with van der Waals surface area (Å²) in [5.41, 5.74) is 1.75. The van der Waals surface area contributed by atoms with Crippen LogP contribution in [-0.2, 0) is 0 Å². The van der Waals surface area contributed by atoms with Crippen molar-refractivity contribution in [2.24, 2.45) is 0 Å². The van der Waals surface area contributed by atoms with Crippen LogP contribution >= 0.6 is 0 Å². The third kappa shape index (κ3) is 4.14. The fourth-order valence-electron chi connectivity index (χ4n) is 1.71. The van der Waals surface area contributed by atoms with Gasteiger partial charge in [0.1, 0.15) is 0 Å². The number of nitrogens with one attached hydrogen (secondary N) is 1. The molecule has 0 atom stereocenters. The molecule has 1 aromatic carbocycles. The van der Waals surface area contributed by atoms with E-state index in [4.69, 9.17) is 4.74 Å². The Bertz CT molecular complexity index is 612. The van der Waals surface area contributed by atoms with E-state index in [2.05, 4.69) is 4.98 Å². The first-order valence-corrected chi connectivity index (χ1v) is 6.27. The zero-order chi connectivity index (χ0) is 13.7. The van der Waals surface area contributed by atoms with Gasteiger partial charge in [0.05, 0.1) is 6.10 Å². The van der Waals surface area contributed by atoms with Gasteiger partial charge in [0.15, 0.2) is 5.88 Å². The highest BCUT2D eigenvalue weighted by Gasteiger charge is 2.00. The molecule has 0 aliphatic heterocycles. The summed E-state index contributed by atoms with van der Waals surface area (Å²) in [5, 5.41) is 0. The van der Waals surface area contributed by atoms with Crippen molar-refractivity contribution in [2.45, 2.75) is 20.0 Å². The fraction of sp³-hybridized carbons (Fsp3) is 0.188. The van der Waals surface area contributed by atoms with Crippen molar-refractivity contribution in [3.05, 3.63) is 63.9 Å². The van der Waals surface area contributed by atoms with Gasteiger partial charge in [-0.1, -0.05) is 42.5 Å². The smallest absolute Gasteiger partial charge is 0.251 e. The number of hydrogen-bond donors (Lipinski definition) is 1. The Morgan fingerprint density at radius 3 is 2.42 bits per heavy atom. The van der Waals surface area contributed by atoms with Crippen LogP contribution in [0.1, 0.15) is 25.0 Å². The van der Waals surface area contributed by atoms with Crippen LogP contribution in [0.4, 0.5) is 0 Å². The molecule has 0 unspecified atom stereocenters. The van der Waals surface area contributed by atoms with Crippen LogP contribution in [0.2, 0.25) is 0 Å². The number of ether oxygens (including phenoxy) is 1. The quantitative estimate of drug-likeness (QED) is 0.910. The molecule has 1 N–H and O–H groups in total. The van der Waals surface area contributed by atoms with Gasteiger partial charge in [0.2, 0.25) is 0 Å². The molecule has 3 heteroatoms. The molecule has 0 saturated heterocycles. The van der Waals surface area contributed by atoms with Crippen molar-refractivity contribution in [1.29, 1.82) is 0 Å². The second-order valence-corrected chi connectivity index (χ2v) is 4.55. The van der Waals surface area contributed by atoms with Crippen molar-refractivity contribution >= 4 is 12.2 Å². The highest BCUT2D eigenvalue weighted by Crippen LogP contribution is 2.12. The van der Waals surface area contributed by atoms with E-state index >= 15 is 0 Å². The number of benzene rings is 1. The number of aromatic nitrogens is 1. The second kappa shape index (κ2) is 6.05. The first-order valence-electron chi connectivity index (χ1n) is 6.27. The molecule has 0 amide bonds. The predicted octanol–water partition coefficient (Wildman–Crippen LogP) is 3.33. The molecule has 19 heavy (non-hydrogen) atoms. The minimum absolute atomic E-state index is 0.0315. The minimum atomic E-state index is -0.161. The van der Waals surface area contributed by atoms with Gasteiger partial charge >= 0.3 is 0 Å². The highest BCUT2D eigenvalue weighted by molar-refractivity contribution is 5.69. The summed E-state index contributed by atoms with van der Waals surface area (Å²) in [6, 6.07) is 13.3. The number of rotatable bonds is 4. The molecule has 1 aromatic heterocycles. The maximum atomic E-state index is 11.5. The summed E-state index contributed by atoms with van der Waals surface area (Å²) in [6.07, 6.45) is 3.90. The second-order valence-electron chi connectivity index (χ2n) is 4.55. The maximum Gasteiger partial charge on any atom is 0.251 e. The summed E-state index contributed by atoms with van der Waals surface area (Å²) < 4.78 is 5.50. The van der Waals surface area contributed by atoms with E-state index < -0.39 is 0 Å². The van der Waals surface area contributed by atoms with E-state index in [1.165, 1.54) is 0 Å². The fourth-order valence-corrected chi connectivity index (χ4v) is 1.71. The summed E-state index contributed by atoms with van der Waals surface area (Å²) in [7, 11) is 0. The summed E-state index contributed by atoms with van der Waals surface area (Å²) in [6.45, 7) is 3.84. The van der Waals surface area contributed by atoms with Crippen molar-refractivity contribution in [1.82, 2.24) is 4.98 Å². The average Bonchev–Trinajstić information content (AvgIpc) is 2.36. The van der Waals surface area contributed by atoms with Crippen LogP contribution in [0.25, 0.3) is 12.2 Å². The summed E-state index contributed by atoms with van der Waals surface area (Å²) in [5.74, 6) is 0.496. The Kier molecular flexibility index (Phi) is 4.18. The van der Waals surface area contributed by atoms with Crippen LogP contribution in [0, 0.1) is 0 Å². The third-order valence-corrected chi connectivity index (χ3v) is 2.47. The monoisotopic (exact) mass is 255 g/mol. The van der Waals surface area contributed by atoms with Crippen LogP contribution in [0.3, 0.4) is 0 Å². The molecular weight excluding hydrogens is 238 g/mol. The zero-order valence-electron chi connectivity index (χ0n) is 11.1. The van der Waals surface area contributed by atoms with Crippen LogP contribution in [0.15, 0.2) is 47.3 Å². The van der Waals surface area contributed by atoms with Gasteiger partial charge in [-0.15, -0.1) is 0 Å². The van der Waals surface area contributed by atoms with Gasteiger partial charge in [-0.05, 0) is 25.0 Å². The van der Waals surface area contributed by atoms with Crippen molar-refractivity contribution in [3.63, 3.8) is 0 Å². The first-order chi connectivity index (χ1) is 9.13. The predicted molar refractivity (Wildman–Crippen MR) is 78.2 cm³/mol. The van der Waals surface area contributed by atoms with E-state index in [0.29, 0.717) is 5.88 Å². The van der Waals surface area contributed by atoms with Crippen LogP contribution in [-0.4, -0.2) is 11.1 Å². The average molecular weight is 255 g/mol. The molecule has 0 aliphatic carbocycles. The van der Waals surface area contributed by atoms with E-state index in [9.17, 15) is 4.79 Å². The van der Waals surface area contributed by atoms with E-state index in [-0.39, 0.29) is 11.7 Å². The Labute approximate surface area is 112 Å². The van der Waals surface area contributed by atoms with Crippen LogP contribution < -0.4 is 10.3 Å². The van der Waals surface area contributed by atoms with Crippen molar-refractivity contribution < 1.29 is 4.74 Å². The summed E-state index contributed by atoms with van der Waals surface area (Å²) >= 11 is 0. The maximum absolute atomic E-state index is 11.5. The number of hydrogen-bond acceptors (Lipinski definition) is 2. The van der Waals surface area contributed by atoms with Crippen LogP contribution in [0.5, 0.6) is 5.88 Å². The van der Waals surface area contributed by atoms with Crippen molar-refractivity contribution in [3.8, 4) is 5.88 Å². The number of pyridine rings is 1. The molecular formula is C16H17NO2. The normalized spacial score (nSPS) is 11.1. The Morgan fingerprint density at radius 1 is 1.05 bits per heavy atom. The molecule has 3 nitrogen and oxygen atoms in total. The molecule has 0 saturated carbocycles. The molecule has 0 fully saturated rings. The lowest BCUT2D eigenvalue weighted by atomic mass is 10.1. The van der Waals surface area contributed by atoms with Gasteiger partial charge in [0.25, 0.3) is 5.56 Å². The highest BCUT2D eigenvalue weighted by atomic mass is 16.5. The van der Waals surface area contributed by atoms with E-state index in [1.807, 2.05) is 62.4 Å².